The van der Waals surface area contributed by atoms with Crippen LogP contribution in [0.5, 0.6) is 0 Å². The Morgan fingerprint density at radius 2 is 1.93 bits per heavy atom. The van der Waals surface area contributed by atoms with Crippen molar-refractivity contribution in [3.8, 4) is 11.1 Å². The van der Waals surface area contributed by atoms with Gasteiger partial charge < -0.3 is 9.64 Å². The summed E-state index contributed by atoms with van der Waals surface area (Å²) in [4.78, 5) is 14.0. The molecule has 0 spiro atoms. The largest absolute Gasteiger partial charge is 0.453 e. The van der Waals surface area contributed by atoms with Gasteiger partial charge in [0.15, 0.2) is 0 Å². The molecule has 6 nitrogen and oxygen atoms in total. The fraction of sp³-hybridized carbons (Fsp3) is 0.409. The Labute approximate surface area is 172 Å². The van der Waals surface area contributed by atoms with E-state index in [-0.39, 0.29) is 12.1 Å². The van der Waals surface area contributed by atoms with Gasteiger partial charge in [0.2, 0.25) is 10.0 Å². The molecule has 0 unspecified atom stereocenters. The number of aryl methyl sites for hydroxylation is 1. The van der Waals surface area contributed by atoms with Crippen molar-refractivity contribution in [2.24, 2.45) is 0 Å². The quantitative estimate of drug-likeness (QED) is 0.811. The maximum atomic E-state index is 12.3. The van der Waals surface area contributed by atoms with Gasteiger partial charge in [0.1, 0.15) is 0 Å². The van der Waals surface area contributed by atoms with Crippen molar-refractivity contribution in [2.75, 3.05) is 19.9 Å². The number of benzene rings is 2. The lowest BCUT2D eigenvalue weighted by molar-refractivity contribution is 0.0792. The van der Waals surface area contributed by atoms with Gasteiger partial charge in [-0.3, -0.25) is 0 Å². The Kier molecular flexibility index (Phi) is 6.59. The van der Waals surface area contributed by atoms with Gasteiger partial charge in [0.05, 0.1) is 19.4 Å². The Morgan fingerprint density at radius 3 is 2.59 bits per heavy atom. The summed E-state index contributed by atoms with van der Waals surface area (Å²) >= 11 is 0. The highest BCUT2D eigenvalue weighted by Crippen LogP contribution is 2.28. The Bertz CT molecular complexity index is 960. The molecule has 1 aliphatic heterocycles. The van der Waals surface area contributed by atoms with E-state index < -0.39 is 16.1 Å². The van der Waals surface area contributed by atoms with E-state index in [0.717, 1.165) is 29.4 Å². The first-order chi connectivity index (χ1) is 13.8. The van der Waals surface area contributed by atoms with Crippen molar-refractivity contribution >= 4 is 16.1 Å². The lowest BCUT2D eigenvalue weighted by atomic mass is 9.89. The second-order valence-electron chi connectivity index (χ2n) is 7.59. The van der Waals surface area contributed by atoms with Crippen LogP contribution in [0, 0.1) is 6.92 Å². The molecule has 156 valence electrons. The van der Waals surface area contributed by atoms with E-state index in [1.165, 1.54) is 12.7 Å². The molecule has 0 aromatic heterocycles. The first-order valence-corrected chi connectivity index (χ1v) is 11.6. The summed E-state index contributed by atoms with van der Waals surface area (Å²) in [6.07, 6.45) is 2.68. The van der Waals surface area contributed by atoms with E-state index in [9.17, 15) is 13.2 Å². The second kappa shape index (κ2) is 8.97. The van der Waals surface area contributed by atoms with Crippen LogP contribution in [-0.4, -0.2) is 51.4 Å². The van der Waals surface area contributed by atoms with E-state index in [1.54, 1.807) is 4.90 Å². The van der Waals surface area contributed by atoms with Gasteiger partial charge in [0.25, 0.3) is 0 Å². The molecule has 0 saturated carbocycles. The molecule has 1 heterocycles. The van der Waals surface area contributed by atoms with Gasteiger partial charge in [-0.15, -0.1) is 0 Å². The molecule has 1 aliphatic rings. The highest BCUT2D eigenvalue weighted by atomic mass is 32.2. The first kappa shape index (κ1) is 21.3. The van der Waals surface area contributed by atoms with Crippen molar-refractivity contribution < 1.29 is 17.9 Å². The minimum Gasteiger partial charge on any atom is -0.453 e. The van der Waals surface area contributed by atoms with Crippen molar-refractivity contribution in [2.45, 2.75) is 38.3 Å². The molecule has 0 aliphatic carbocycles. The number of methoxy groups -OCH3 is 1. The van der Waals surface area contributed by atoms with E-state index in [0.29, 0.717) is 19.4 Å². The Morgan fingerprint density at radius 1 is 1.21 bits per heavy atom. The maximum absolute atomic E-state index is 12.3. The molecular weight excluding hydrogens is 388 g/mol. The summed E-state index contributed by atoms with van der Waals surface area (Å²) in [5, 5.41) is 0. The first-order valence-electron chi connectivity index (χ1n) is 9.75. The number of ether oxygens (including phenoxy) is 1. The molecule has 1 amide bonds. The predicted molar refractivity (Wildman–Crippen MR) is 114 cm³/mol. The zero-order chi connectivity index (χ0) is 21.0. The fourth-order valence-corrected chi connectivity index (χ4v) is 4.86. The minimum atomic E-state index is -3.39. The van der Waals surface area contributed by atoms with Gasteiger partial charge in [0, 0.05) is 12.6 Å². The topological polar surface area (TPSA) is 75.7 Å². The summed E-state index contributed by atoms with van der Waals surface area (Å²) in [7, 11) is -2.04. The fourth-order valence-electron chi connectivity index (χ4n) is 4.03. The van der Waals surface area contributed by atoms with Crippen LogP contribution < -0.4 is 4.72 Å². The van der Waals surface area contributed by atoms with E-state index in [2.05, 4.69) is 35.9 Å². The highest BCUT2D eigenvalue weighted by Gasteiger charge is 2.36. The number of rotatable bonds is 5. The normalized spacial score (nSPS) is 19.8. The number of piperidine rings is 1. The summed E-state index contributed by atoms with van der Waals surface area (Å²) < 4.78 is 31.4. The molecule has 29 heavy (non-hydrogen) atoms. The van der Waals surface area contributed by atoms with Crippen LogP contribution >= 0.6 is 0 Å². The Balaban J connectivity index is 1.93. The molecule has 1 N–H and O–H groups in total. The molecule has 2 aromatic carbocycles. The number of hydrogen-bond acceptors (Lipinski definition) is 4. The van der Waals surface area contributed by atoms with Crippen LogP contribution in [0.4, 0.5) is 4.79 Å². The number of carbonyl (C=O) groups is 1. The molecule has 1 saturated heterocycles. The molecule has 7 heteroatoms. The molecule has 2 aromatic rings. The highest BCUT2D eigenvalue weighted by molar-refractivity contribution is 7.88. The number of likely N-dealkylation sites (tertiary alicyclic amines) is 1. The van der Waals surface area contributed by atoms with Gasteiger partial charge in [-0.2, -0.15) is 0 Å². The van der Waals surface area contributed by atoms with Crippen LogP contribution in [0.3, 0.4) is 0 Å². The predicted octanol–water partition coefficient (Wildman–Crippen LogP) is 3.35. The van der Waals surface area contributed by atoms with Crippen LogP contribution in [0.25, 0.3) is 11.1 Å². The molecular formula is C22H28N2O4S. The third kappa shape index (κ3) is 5.36. The summed E-state index contributed by atoms with van der Waals surface area (Å²) in [5.41, 5.74) is 4.48. The van der Waals surface area contributed by atoms with Crippen molar-refractivity contribution in [1.29, 1.82) is 0 Å². The van der Waals surface area contributed by atoms with Crippen LogP contribution in [0.15, 0.2) is 48.5 Å². The standard InChI is InChI=1S/C22H28N2O4S/c1-16-11-12-17(14-19(16)18-8-5-4-6-9-18)15-21-20(23-29(3,26)27)10-7-13-24(21)22(25)28-2/h4-6,8-9,11-12,14,20-21,23H,7,10,13,15H2,1-3H3/t20-,21-/m0/s1. The average Bonchev–Trinajstić information content (AvgIpc) is 2.69. The van der Waals surface area contributed by atoms with E-state index >= 15 is 0 Å². The molecule has 0 radical (unpaired) electrons. The Hall–Kier alpha value is -2.38. The number of nitrogens with zero attached hydrogens (tertiary/aromatic N) is 1. The third-order valence-electron chi connectivity index (χ3n) is 5.39. The number of carbonyl (C=O) groups excluding carboxylic acids is 1. The zero-order valence-electron chi connectivity index (χ0n) is 17.1. The SMILES string of the molecule is COC(=O)N1CCC[C@H](NS(C)(=O)=O)[C@@H]1Cc1ccc(C)c(-c2ccccc2)c1. The van der Waals surface area contributed by atoms with Crippen LogP contribution in [-0.2, 0) is 21.2 Å². The lowest BCUT2D eigenvalue weighted by Crippen LogP contribution is -2.57. The number of nitrogens with one attached hydrogen (secondary N) is 1. The van der Waals surface area contributed by atoms with Gasteiger partial charge in [-0.1, -0.05) is 48.5 Å². The summed E-state index contributed by atoms with van der Waals surface area (Å²) in [5.74, 6) is 0. The van der Waals surface area contributed by atoms with E-state index in [4.69, 9.17) is 4.74 Å². The van der Waals surface area contributed by atoms with E-state index in [1.807, 2.05) is 24.3 Å². The number of sulfonamides is 1. The summed E-state index contributed by atoms with van der Waals surface area (Å²) in [6.45, 7) is 2.62. The number of amides is 1. The van der Waals surface area contributed by atoms with Gasteiger partial charge in [-0.05, 0) is 48.4 Å². The zero-order valence-corrected chi connectivity index (χ0v) is 17.9. The molecule has 0 bridgehead atoms. The number of hydrogen-bond donors (Lipinski definition) is 1. The molecule has 2 atom stereocenters. The van der Waals surface area contributed by atoms with Crippen LogP contribution in [0.2, 0.25) is 0 Å². The van der Waals surface area contributed by atoms with Crippen molar-refractivity contribution in [3.05, 3.63) is 59.7 Å². The van der Waals surface area contributed by atoms with Crippen LogP contribution in [0.1, 0.15) is 24.0 Å². The second-order valence-corrected chi connectivity index (χ2v) is 9.37. The summed E-state index contributed by atoms with van der Waals surface area (Å²) in [6, 6.07) is 15.7. The van der Waals surface area contributed by atoms with Crippen molar-refractivity contribution in [1.82, 2.24) is 9.62 Å². The third-order valence-corrected chi connectivity index (χ3v) is 6.12. The van der Waals surface area contributed by atoms with Gasteiger partial charge in [-0.25, -0.2) is 17.9 Å². The monoisotopic (exact) mass is 416 g/mol. The minimum absolute atomic E-state index is 0.308. The lowest BCUT2D eigenvalue weighted by Gasteiger charge is -2.40. The molecule has 3 rings (SSSR count). The maximum Gasteiger partial charge on any atom is 0.409 e. The average molecular weight is 417 g/mol. The van der Waals surface area contributed by atoms with Gasteiger partial charge >= 0.3 is 6.09 Å². The molecule has 1 fully saturated rings. The van der Waals surface area contributed by atoms with Crippen molar-refractivity contribution in [3.63, 3.8) is 0 Å². The smallest absolute Gasteiger partial charge is 0.409 e.